The number of amides is 1. The van der Waals surface area contributed by atoms with E-state index in [1.807, 2.05) is 0 Å². The number of nitrogen functional groups attached to an aromatic ring is 1. The first-order valence-corrected chi connectivity index (χ1v) is 5.68. The maximum absolute atomic E-state index is 13.4. The lowest BCUT2D eigenvalue weighted by molar-refractivity contribution is 0.101. The molecule has 0 heterocycles. The lowest BCUT2D eigenvalue weighted by atomic mass is 10.1. The largest absolute Gasteiger partial charge is 0.397 e. The number of anilines is 2. The van der Waals surface area contributed by atoms with Gasteiger partial charge in [0.1, 0.15) is 17.2 Å². The van der Waals surface area contributed by atoms with E-state index in [0.717, 1.165) is 12.1 Å². The molecular formula is C13H9ClF2N2O. The minimum absolute atomic E-state index is 0.122. The van der Waals surface area contributed by atoms with Crippen molar-refractivity contribution in [2.75, 3.05) is 11.1 Å². The van der Waals surface area contributed by atoms with Crippen molar-refractivity contribution in [3.63, 3.8) is 0 Å². The standard InChI is InChI=1S/C13H9ClF2N2O/c14-7-3-1-6-10(17)12(7)18-13(19)11-8(15)4-2-5-9(11)16/h1-6H,17H2,(H,18,19). The molecular weight excluding hydrogens is 274 g/mol. The van der Waals surface area contributed by atoms with E-state index >= 15 is 0 Å². The Morgan fingerprint density at radius 1 is 1.11 bits per heavy atom. The topological polar surface area (TPSA) is 55.1 Å². The summed E-state index contributed by atoms with van der Waals surface area (Å²) < 4.78 is 26.9. The van der Waals surface area contributed by atoms with E-state index in [-0.39, 0.29) is 16.4 Å². The normalized spacial score (nSPS) is 10.3. The first-order chi connectivity index (χ1) is 9.00. The maximum atomic E-state index is 13.4. The quantitative estimate of drug-likeness (QED) is 0.829. The molecule has 2 aromatic rings. The molecule has 6 heteroatoms. The predicted octanol–water partition coefficient (Wildman–Crippen LogP) is 3.45. The van der Waals surface area contributed by atoms with Crippen LogP contribution in [0.2, 0.25) is 5.02 Å². The van der Waals surface area contributed by atoms with Crippen molar-refractivity contribution in [2.45, 2.75) is 0 Å². The Bertz CT molecular complexity index is 606. The zero-order valence-electron chi connectivity index (χ0n) is 9.58. The molecule has 19 heavy (non-hydrogen) atoms. The zero-order valence-corrected chi connectivity index (χ0v) is 10.3. The molecule has 0 unspecified atom stereocenters. The van der Waals surface area contributed by atoms with Crippen molar-refractivity contribution < 1.29 is 13.6 Å². The summed E-state index contributed by atoms with van der Waals surface area (Å²) in [7, 11) is 0. The van der Waals surface area contributed by atoms with Crippen LogP contribution in [-0.2, 0) is 0 Å². The Morgan fingerprint density at radius 3 is 2.26 bits per heavy atom. The summed E-state index contributed by atoms with van der Waals surface area (Å²) in [5.41, 5.74) is 5.29. The Kier molecular flexibility index (Phi) is 3.66. The van der Waals surface area contributed by atoms with E-state index < -0.39 is 23.1 Å². The molecule has 0 saturated carbocycles. The summed E-state index contributed by atoms with van der Waals surface area (Å²) in [4.78, 5) is 11.9. The number of para-hydroxylation sites is 1. The molecule has 3 nitrogen and oxygen atoms in total. The molecule has 0 saturated heterocycles. The van der Waals surface area contributed by atoms with Crippen LogP contribution in [0.4, 0.5) is 20.2 Å². The molecule has 0 aromatic heterocycles. The summed E-state index contributed by atoms with van der Waals surface area (Å²) in [5.74, 6) is -2.86. The van der Waals surface area contributed by atoms with E-state index in [0.29, 0.717) is 0 Å². The van der Waals surface area contributed by atoms with Gasteiger partial charge in [-0.2, -0.15) is 0 Å². The molecule has 3 N–H and O–H groups in total. The number of nitrogens with one attached hydrogen (secondary N) is 1. The predicted molar refractivity (Wildman–Crippen MR) is 70.2 cm³/mol. The van der Waals surface area contributed by atoms with Crippen molar-refractivity contribution in [1.82, 2.24) is 0 Å². The van der Waals surface area contributed by atoms with Crippen LogP contribution in [0.5, 0.6) is 0 Å². The highest BCUT2D eigenvalue weighted by atomic mass is 35.5. The first-order valence-electron chi connectivity index (χ1n) is 5.30. The third-order valence-corrected chi connectivity index (χ3v) is 2.79. The van der Waals surface area contributed by atoms with Gasteiger partial charge >= 0.3 is 0 Å². The third-order valence-electron chi connectivity index (χ3n) is 2.47. The highest BCUT2D eigenvalue weighted by Gasteiger charge is 2.18. The van der Waals surface area contributed by atoms with Crippen molar-refractivity contribution in [1.29, 1.82) is 0 Å². The van der Waals surface area contributed by atoms with Gasteiger partial charge in [0.25, 0.3) is 5.91 Å². The average Bonchev–Trinajstić information content (AvgIpc) is 2.34. The van der Waals surface area contributed by atoms with Crippen molar-refractivity contribution in [3.05, 3.63) is 58.6 Å². The van der Waals surface area contributed by atoms with Crippen LogP contribution in [0.25, 0.3) is 0 Å². The molecule has 0 spiro atoms. The second-order valence-corrected chi connectivity index (χ2v) is 4.16. The van der Waals surface area contributed by atoms with Crippen LogP contribution in [0, 0.1) is 11.6 Å². The molecule has 0 aliphatic carbocycles. The lowest BCUT2D eigenvalue weighted by Gasteiger charge is -2.10. The first kappa shape index (κ1) is 13.3. The van der Waals surface area contributed by atoms with E-state index in [1.54, 1.807) is 6.07 Å². The molecule has 0 aliphatic rings. The highest BCUT2D eigenvalue weighted by Crippen LogP contribution is 2.28. The van der Waals surface area contributed by atoms with Crippen LogP contribution in [0.1, 0.15) is 10.4 Å². The molecule has 98 valence electrons. The van der Waals surface area contributed by atoms with Crippen LogP contribution < -0.4 is 11.1 Å². The molecule has 0 atom stereocenters. The number of benzene rings is 2. The third kappa shape index (κ3) is 2.66. The van der Waals surface area contributed by atoms with Gasteiger partial charge in [0, 0.05) is 0 Å². The fraction of sp³-hybridized carbons (Fsp3) is 0. The van der Waals surface area contributed by atoms with Gasteiger partial charge in [-0.15, -0.1) is 0 Å². The average molecular weight is 283 g/mol. The molecule has 2 rings (SSSR count). The summed E-state index contributed by atoms with van der Waals surface area (Å²) in [6.07, 6.45) is 0. The van der Waals surface area contributed by atoms with Gasteiger partial charge < -0.3 is 11.1 Å². The maximum Gasteiger partial charge on any atom is 0.261 e. The number of rotatable bonds is 2. The minimum Gasteiger partial charge on any atom is -0.397 e. The highest BCUT2D eigenvalue weighted by molar-refractivity contribution is 6.34. The van der Waals surface area contributed by atoms with E-state index in [4.69, 9.17) is 17.3 Å². The van der Waals surface area contributed by atoms with Gasteiger partial charge in [-0.25, -0.2) is 8.78 Å². The SMILES string of the molecule is Nc1cccc(Cl)c1NC(=O)c1c(F)cccc1F. The Balaban J connectivity index is 2.37. The fourth-order valence-corrected chi connectivity index (χ4v) is 1.79. The Labute approximate surface area is 113 Å². The van der Waals surface area contributed by atoms with Crippen LogP contribution in [0.15, 0.2) is 36.4 Å². The van der Waals surface area contributed by atoms with Crippen molar-refractivity contribution in [3.8, 4) is 0 Å². The van der Waals surface area contributed by atoms with Gasteiger partial charge in [-0.1, -0.05) is 23.7 Å². The van der Waals surface area contributed by atoms with Gasteiger partial charge in [-0.3, -0.25) is 4.79 Å². The summed E-state index contributed by atoms with van der Waals surface area (Å²) in [5, 5.41) is 2.49. The number of halogens is 3. The van der Waals surface area contributed by atoms with Gasteiger partial charge in [0.05, 0.1) is 16.4 Å². The smallest absolute Gasteiger partial charge is 0.261 e. The number of hydrogen-bond donors (Lipinski definition) is 2. The number of carbonyl (C=O) groups excluding carboxylic acids is 1. The summed E-state index contributed by atoms with van der Waals surface area (Å²) in [6, 6.07) is 7.77. The van der Waals surface area contributed by atoms with E-state index in [2.05, 4.69) is 5.32 Å². The summed E-state index contributed by atoms with van der Waals surface area (Å²) >= 11 is 5.86. The molecule has 2 aromatic carbocycles. The van der Waals surface area contributed by atoms with Gasteiger partial charge in [0.2, 0.25) is 0 Å². The van der Waals surface area contributed by atoms with E-state index in [1.165, 1.54) is 18.2 Å². The van der Waals surface area contributed by atoms with Gasteiger partial charge in [-0.05, 0) is 24.3 Å². The van der Waals surface area contributed by atoms with Crippen LogP contribution in [0.3, 0.4) is 0 Å². The zero-order chi connectivity index (χ0) is 14.0. The Hall–Kier alpha value is -2.14. The molecule has 0 radical (unpaired) electrons. The fourth-order valence-electron chi connectivity index (χ4n) is 1.56. The molecule has 0 bridgehead atoms. The second-order valence-electron chi connectivity index (χ2n) is 3.75. The number of hydrogen-bond acceptors (Lipinski definition) is 2. The van der Waals surface area contributed by atoms with Gasteiger partial charge in [0.15, 0.2) is 0 Å². The van der Waals surface area contributed by atoms with Crippen LogP contribution >= 0.6 is 11.6 Å². The van der Waals surface area contributed by atoms with Crippen molar-refractivity contribution in [2.24, 2.45) is 0 Å². The number of carbonyl (C=O) groups is 1. The lowest BCUT2D eigenvalue weighted by Crippen LogP contribution is -2.17. The minimum atomic E-state index is -0.955. The molecule has 0 fully saturated rings. The second kappa shape index (κ2) is 5.24. The Morgan fingerprint density at radius 2 is 1.68 bits per heavy atom. The van der Waals surface area contributed by atoms with E-state index in [9.17, 15) is 13.6 Å². The molecule has 0 aliphatic heterocycles. The summed E-state index contributed by atoms with van der Waals surface area (Å²) in [6.45, 7) is 0. The molecule has 1 amide bonds. The number of nitrogens with two attached hydrogens (primary N) is 1. The monoisotopic (exact) mass is 282 g/mol. The van der Waals surface area contributed by atoms with Crippen LogP contribution in [-0.4, -0.2) is 5.91 Å². The van der Waals surface area contributed by atoms with Crippen molar-refractivity contribution >= 4 is 28.9 Å².